The highest BCUT2D eigenvalue weighted by molar-refractivity contribution is 7.80. The molecule has 58 valence electrons. The SMILES string of the molecule is Cl.S=C1OCc2ccccc21. The molecule has 0 saturated heterocycles. The lowest BCUT2D eigenvalue weighted by Gasteiger charge is -1.90. The van der Waals surface area contributed by atoms with Crippen LogP contribution in [0.25, 0.3) is 0 Å². The molecule has 1 aromatic rings. The van der Waals surface area contributed by atoms with Crippen molar-refractivity contribution < 1.29 is 4.74 Å². The predicted molar refractivity (Wildman–Crippen MR) is 50.2 cm³/mol. The summed E-state index contributed by atoms with van der Waals surface area (Å²) in [4.78, 5) is 0. The molecule has 1 aromatic carbocycles. The minimum Gasteiger partial charge on any atom is -0.478 e. The second kappa shape index (κ2) is 3.20. The molecule has 0 aliphatic carbocycles. The first-order valence-corrected chi connectivity index (χ1v) is 3.54. The smallest absolute Gasteiger partial charge is 0.191 e. The Morgan fingerprint density at radius 1 is 1.27 bits per heavy atom. The zero-order valence-electron chi connectivity index (χ0n) is 5.74. The molecule has 0 bridgehead atoms. The predicted octanol–water partition coefficient (Wildman–Crippen LogP) is 2.31. The van der Waals surface area contributed by atoms with E-state index in [4.69, 9.17) is 17.0 Å². The Balaban J connectivity index is 0.000000605. The minimum absolute atomic E-state index is 0. The fourth-order valence-electron chi connectivity index (χ4n) is 1.07. The monoisotopic (exact) mass is 186 g/mol. The summed E-state index contributed by atoms with van der Waals surface area (Å²) in [5.74, 6) is 0. The van der Waals surface area contributed by atoms with Crippen LogP contribution in [0, 0.1) is 0 Å². The van der Waals surface area contributed by atoms with E-state index in [1.54, 1.807) is 0 Å². The lowest BCUT2D eigenvalue weighted by molar-refractivity contribution is 0.320. The van der Waals surface area contributed by atoms with Crippen LogP contribution in [0.3, 0.4) is 0 Å². The van der Waals surface area contributed by atoms with Gasteiger partial charge in [0.2, 0.25) is 0 Å². The van der Waals surface area contributed by atoms with Gasteiger partial charge in [0.05, 0.1) is 0 Å². The molecule has 0 unspecified atom stereocenters. The topological polar surface area (TPSA) is 9.23 Å². The summed E-state index contributed by atoms with van der Waals surface area (Å²) >= 11 is 4.95. The molecule has 3 heteroatoms. The summed E-state index contributed by atoms with van der Waals surface area (Å²) in [7, 11) is 0. The third-order valence-corrected chi connectivity index (χ3v) is 1.93. The highest BCUT2D eigenvalue weighted by Crippen LogP contribution is 2.19. The van der Waals surface area contributed by atoms with Gasteiger partial charge in [-0.05, 0) is 18.3 Å². The molecule has 1 aliphatic heterocycles. The van der Waals surface area contributed by atoms with Crippen LogP contribution >= 0.6 is 24.6 Å². The van der Waals surface area contributed by atoms with Gasteiger partial charge in [-0.15, -0.1) is 12.4 Å². The van der Waals surface area contributed by atoms with E-state index in [0.29, 0.717) is 11.7 Å². The van der Waals surface area contributed by atoms with Gasteiger partial charge in [0, 0.05) is 11.1 Å². The summed E-state index contributed by atoms with van der Waals surface area (Å²) in [6.07, 6.45) is 0. The maximum absolute atomic E-state index is 5.15. The van der Waals surface area contributed by atoms with E-state index in [1.165, 1.54) is 5.56 Å². The van der Waals surface area contributed by atoms with Crippen LogP contribution in [0.1, 0.15) is 11.1 Å². The molecule has 11 heavy (non-hydrogen) atoms. The normalized spacial score (nSPS) is 13.3. The van der Waals surface area contributed by atoms with Crippen molar-refractivity contribution in [2.45, 2.75) is 6.61 Å². The molecule has 1 aliphatic rings. The number of hydrogen-bond donors (Lipinski definition) is 0. The molecule has 0 radical (unpaired) electrons. The Labute approximate surface area is 76.8 Å². The van der Waals surface area contributed by atoms with Gasteiger partial charge >= 0.3 is 0 Å². The Kier molecular flexibility index (Phi) is 2.47. The number of halogens is 1. The standard InChI is InChI=1S/C8H6OS.ClH/c10-8-7-4-2-1-3-6(7)5-9-8;/h1-4H,5H2;1H. The maximum Gasteiger partial charge on any atom is 0.191 e. The second-order valence-corrected chi connectivity index (χ2v) is 2.60. The van der Waals surface area contributed by atoms with Gasteiger partial charge in [-0.25, -0.2) is 0 Å². The van der Waals surface area contributed by atoms with E-state index in [9.17, 15) is 0 Å². The van der Waals surface area contributed by atoms with E-state index in [-0.39, 0.29) is 12.4 Å². The van der Waals surface area contributed by atoms with Crippen LogP contribution in [0.4, 0.5) is 0 Å². The van der Waals surface area contributed by atoms with Crippen LogP contribution in [0.5, 0.6) is 0 Å². The van der Waals surface area contributed by atoms with Crippen molar-refractivity contribution in [3.05, 3.63) is 35.4 Å². The average molecular weight is 187 g/mol. The van der Waals surface area contributed by atoms with Crippen molar-refractivity contribution in [2.24, 2.45) is 0 Å². The van der Waals surface area contributed by atoms with Gasteiger partial charge in [-0.2, -0.15) is 0 Å². The number of rotatable bonds is 0. The van der Waals surface area contributed by atoms with Gasteiger partial charge in [0.1, 0.15) is 6.61 Å². The molecule has 1 nitrogen and oxygen atoms in total. The Hall–Kier alpha value is -0.600. The van der Waals surface area contributed by atoms with Crippen molar-refractivity contribution in [3.8, 4) is 0 Å². The van der Waals surface area contributed by atoms with Crippen LogP contribution < -0.4 is 0 Å². The Morgan fingerprint density at radius 2 is 2.00 bits per heavy atom. The molecule has 0 spiro atoms. The molecular weight excluding hydrogens is 180 g/mol. The third kappa shape index (κ3) is 1.37. The molecule has 1 heterocycles. The molecule has 2 rings (SSSR count). The third-order valence-electron chi connectivity index (χ3n) is 1.60. The molecule has 0 fully saturated rings. The van der Waals surface area contributed by atoms with Gasteiger partial charge in [0.25, 0.3) is 0 Å². The molecule has 0 aromatic heterocycles. The number of benzene rings is 1. The van der Waals surface area contributed by atoms with Crippen LogP contribution in [-0.2, 0) is 11.3 Å². The van der Waals surface area contributed by atoms with Crippen molar-refractivity contribution >= 4 is 29.7 Å². The first kappa shape index (κ1) is 8.50. The molecular formula is C8H7ClOS. The summed E-state index contributed by atoms with van der Waals surface area (Å²) in [5.41, 5.74) is 2.28. The van der Waals surface area contributed by atoms with Crippen molar-refractivity contribution in [3.63, 3.8) is 0 Å². The van der Waals surface area contributed by atoms with Gasteiger partial charge in [-0.3, -0.25) is 0 Å². The van der Waals surface area contributed by atoms with Crippen LogP contribution in [-0.4, -0.2) is 5.05 Å². The molecule has 0 saturated carbocycles. The van der Waals surface area contributed by atoms with Crippen molar-refractivity contribution in [1.29, 1.82) is 0 Å². The fraction of sp³-hybridized carbons (Fsp3) is 0.125. The van der Waals surface area contributed by atoms with E-state index in [2.05, 4.69) is 0 Å². The molecule has 0 amide bonds. The summed E-state index contributed by atoms with van der Waals surface area (Å²) in [5, 5.41) is 0.635. The summed E-state index contributed by atoms with van der Waals surface area (Å²) in [6, 6.07) is 8.00. The molecule has 0 atom stereocenters. The van der Waals surface area contributed by atoms with Gasteiger partial charge in [0.15, 0.2) is 5.05 Å². The summed E-state index contributed by atoms with van der Waals surface area (Å²) in [6.45, 7) is 0.648. The maximum atomic E-state index is 5.15. The van der Waals surface area contributed by atoms with E-state index in [1.807, 2.05) is 24.3 Å². The number of hydrogen-bond acceptors (Lipinski definition) is 2. The minimum atomic E-state index is 0. The lowest BCUT2D eigenvalue weighted by Crippen LogP contribution is -1.89. The van der Waals surface area contributed by atoms with Crippen LogP contribution in [0.15, 0.2) is 24.3 Å². The highest BCUT2D eigenvalue weighted by Gasteiger charge is 2.15. The second-order valence-electron chi connectivity index (χ2n) is 2.23. The first-order chi connectivity index (χ1) is 4.88. The summed E-state index contributed by atoms with van der Waals surface area (Å²) < 4.78 is 5.15. The fourth-order valence-corrected chi connectivity index (χ4v) is 1.32. The van der Waals surface area contributed by atoms with E-state index < -0.39 is 0 Å². The number of thiocarbonyl (C=S) groups is 1. The van der Waals surface area contributed by atoms with Gasteiger partial charge < -0.3 is 4.74 Å². The zero-order chi connectivity index (χ0) is 6.97. The Morgan fingerprint density at radius 3 is 2.73 bits per heavy atom. The number of fused-ring (bicyclic) bond motifs is 1. The first-order valence-electron chi connectivity index (χ1n) is 3.13. The van der Waals surface area contributed by atoms with E-state index >= 15 is 0 Å². The largest absolute Gasteiger partial charge is 0.478 e. The Bertz CT molecular complexity index is 285. The van der Waals surface area contributed by atoms with Gasteiger partial charge in [-0.1, -0.05) is 18.2 Å². The van der Waals surface area contributed by atoms with Crippen LogP contribution in [0.2, 0.25) is 0 Å². The number of ether oxygens (including phenoxy) is 1. The van der Waals surface area contributed by atoms with Crippen molar-refractivity contribution in [1.82, 2.24) is 0 Å². The highest BCUT2D eigenvalue weighted by atomic mass is 35.5. The molecule has 0 N–H and O–H groups in total. The zero-order valence-corrected chi connectivity index (χ0v) is 7.37. The average Bonchev–Trinajstić information content (AvgIpc) is 2.34. The van der Waals surface area contributed by atoms with E-state index in [0.717, 1.165) is 5.56 Å². The van der Waals surface area contributed by atoms with Crippen molar-refractivity contribution in [2.75, 3.05) is 0 Å². The lowest BCUT2D eigenvalue weighted by atomic mass is 10.1. The quantitative estimate of drug-likeness (QED) is 0.576.